The van der Waals surface area contributed by atoms with Gasteiger partial charge in [0.05, 0.1) is 32.4 Å². The number of aryl methyl sites for hydroxylation is 2. The van der Waals surface area contributed by atoms with Crippen LogP contribution in [-0.4, -0.2) is 14.0 Å². The van der Waals surface area contributed by atoms with Gasteiger partial charge in [-0.1, -0.05) is 6.92 Å². The molecule has 0 spiro atoms. The van der Waals surface area contributed by atoms with Crippen LogP contribution in [0, 0.1) is 5.82 Å². The van der Waals surface area contributed by atoms with Crippen molar-refractivity contribution in [1.82, 2.24) is 9.78 Å². The Labute approximate surface area is 128 Å². The molecule has 6 heteroatoms. The number of aromatic nitrogens is 2. The molecule has 0 amide bonds. The molecule has 1 aromatic heterocycles. The Hall–Kier alpha value is -1.01. The Balaban J connectivity index is 2.27. The zero-order chi connectivity index (χ0) is 14.7. The summed E-state index contributed by atoms with van der Waals surface area (Å²) in [5, 5.41) is 4.48. The molecule has 0 bridgehead atoms. The normalized spacial score (nSPS) is 12.6. The van der Waals surface area contributed by atoms with Gasteiger partial charge in [-0.15, -0.1) is 0 Å². The van der Waals surface area contributed by atoms with Crippen molar-refractivity contribution in [2.24, 2.45) is 0 Å². The predicted molar refractivity (Wildman–Crippen MR) is 81.5 cm³/mol. The molecule has 20 heavy (non-hydrogen) atoms. The van der Waals surface area contributed by atoms with E-state index in [1.165, 1.54) is 12.1 Å². The Morgan fingerprint density at radius 3 is 2.50 bits per heavy atom. The summed E-state index contributed by atoms with van der Waals surface area (Å²) in [4.78, 5) is 0.625. The summed E-state index contributed by atoms with van der Waals surface area (Å²) in [5.74, 6) is 0.0476. The quantitative estimate of drug-likeness (QED) is 0.816. The molecule has 1 unspecified atom stereocenters. The lowest BCUT2D eigenvalue weighted by Gasteiger charge is -2.06. The van der Waals surface area contributed by atoms with Gasteiger partial charge in [-0.05, 0) is 53.5 Å². The van der Waals surface area contributed by atoms with Crippen molar-refractivity contribution in [2.75, 3.05) is 0 Å². The summed E-state index contributed by atoms with van der Waals surface area (Å²) in [6.45, 7) is 4.77. The van der Waals surface area contributed by atoms with Crippen LogP contribution in [0.4, 0.5) is 4.39 Å². The van der Waals surface area contributed by atoms with Gasteiger partial charge in [0.1, 0.15) is 5.82 Å². The molecule has 2 rings (SSSR count). The fourth-order valence-electron chi connectivity index (χ4n) is 1.95. The van der Waals surface area contributed by atoms with Gasteiger partial charge < -0.3 is 0 Å². The monoisotopic (exact) mass is 358 g/mol. The van der Waals surface area contributed by atoms with E-state index in [0.29, 0.717) is 10.6 Å². The summed E-state index contributed by atoms with van der Waals surface area (Å²) in [6.07, 6.45) is 0.823. The van der Waals surface area contributed by atoms with Gasteiger partial charge in [0.2, 0.25) is 0 Å². The molecule has 0 saturated carbocycles. The fourth-order valence-corrected chi connectivity index (χ4v) is 3.99. The highest BCUT2D eigenvalue weighted by molar-refractivity contribution is 9.10. The van der Waals surface area contributed by atoms with Gasteiger partial charge >= 0.3 is 0 Å². The molecule has 2 aromatic rings. The first-order valence-corrected chi connectivity index (χ1v) is 8.56. The van der Waals surface area contributed by atoms with Crippen molar-refractivity contribution in [3.63, 3.8) is 0 Å². The Kier molecular flexibility index (Phi) is 5.10. The first kappa shape index (κ1) is 15.4. The van der Waals surface area contributed by atoms with Crippen molar-refractivity contribution >= 4 is 26.7 Å². The maximum absolute atomic E-state index is 12.9. The average Bonchev–Trinajstić information content (AvgIpc) is 2.76. The molecule has 0 radical (unpaired) electrons. The van der Waals surface area contributed by atoms with Crippen molar-refractivity contribution in [1.29, 1.82) is 0 Å². The molecular weight excluding hydrogens is 343 g/mol. The van der Waals surface area contributed by atoms with Crippen molar-refractivity contribution in [3.05, 3.63) is 45.9 Å². The molecule has 0 aliphatic rings. The minimum absolute atomic E-state index is 0.321. The van der Waals surface area contributed by atoms with E-state index in [9.17, 15) is 8.60 Å². The second-order valence-corrected chi connectivity index (χ2v) is 6.56. The smallest absolute Gasteiger partial charge is 0.123 e. The Bertz CT molecular complexity index is 625. The second-order valence-electron chi connectivity index (χ2n) is 4.32. The summed E-state index contributed by atoms with van der Waals surface area (Å²) in [6, 6.07) is 5.78. The van der Waals surface area contributed by atoms with Crippen molar-refractivity contribution in [2.45, 2.75) is 37.5 Å². The summed E-state index contributed by atoms with van der Waals surface area (Å²) >= 11 is 3.54. The molecule has 108 valence electrons. The number of benzene rings is 1. The van der Waals surface area contributed by atoms with E-state index < -0.39 is 10.8 Å². The van der Waals surface area contributed by atoms with Crippen LogP contribution in [0.2, 0.25) is 0 Å². The standard InChI is InChI=1S/C14H16BrFN2OS/c1-3-12-14(15)13(18(4-2)17-12)9-20(19)11-7-5-10(16)6-8-11/h5-8H,3-4,9H2,1-2H3. The van der Waals surface area contributed by atoms with Gasteiger partial charge in [0.25, 0.3) is 0 Å². The fraction of sp³-hybridized carbons (Fsp3) is 0.357. The number of nitrogens with zero attached hydrogens (tertiary/aromatic N) is 2. The largest absolute Gasteiger partial charge is 0.267 e. The lowest BCUT2D eigenvalue weighted by Crippen LogP contribution is -2.06. The number of hydrogen-bond donors (Lipinski definition) is 0. The van der Waals surface area contributed by atoms with Crippen LogP contribution < -0.4 is 0 Å². The lowest BCUT2D eigenvalue weighted by molar-refractivity contribution is 0.622. The maximum Gasteiger partial charge on any atom is 0.123 e. The molecule has 0 saturated heterocycles. The molecule has 1 atom stereocenters. The third-order valence-electron chi connectivity index (χ3n) is 3.04. The zero-order valence-electron chi connectivity index (χ0n) is 11.4. The molecule has 0 aliphatic heterocycles. The highest BCUT2D eigenvalue weighted by Gasteiger charge is 2.17. The Morgan fingerprint density at radius 2 is 1.95 bits per heavy atom. The molecule has 0 N–H and O–H groups in total. The third-order valence-corrected chi connectivity index (χ3v) is 5.29. The van der Waals surface area contributed by atoms with E-state index in [-0.39, 0.29) is 5.82 Å². The van der Waals surface area contributed by atoms with Crippen LogP contribution in [0.3, 0.4) is 0 Å². The molecular formula is C14H16BrFN2OS. The molecule has 0 fully saturated rings. The van der Waals surface area contributed by atoms with Crippen LogP contribution in [0.5, 0.6) is 0 Å². The highest BCUT2D eigenvalue weighted by Crippen LogP contribution is 2.25. The maximum atomic E-state index is 12.9. The first-order chi connectivity index (χ1) is 9.56. The van der Waals surface area contributed by atoms with Gasteiger partial charge in [0, 0.05) is 11.4 Å². The van der Waals surface area contributed by atoms with Crippen molar-refractivity contribution in [3.8, 4) is 0 Å². The van der Waals surface area contributed by atoms with Gasteiger partial charge in [0.15, 0.2) is 0 Å². The van der Waals surface area contributed by atoms with Gasteiger partial charge in [-0.25, -0.2) is 4.39 Å². The third kappa shape index (κ3) is 3.17. The van der Waals surface area contributed by atoms with Gasteiger partial charge in [-0.3, -0.25) is 8.89 Å². The van der Waals surface area contributed by atoms with Crippen LogP contribution in [-0.2, 0) is 29.5 Å². The summed E-state index contributed by atoms with van der Waals surface area (Å²) in [7, 11) is -1.21. The van der Waals surface area contributed by atoms with E-state index in [2.05, 4.69) is 21.0 Å². The first-order valence-electron chi connectivity index (χ1n) is 6.44. The van der Waals surface area contributed by atoms with E-state index in [0.717, 1.165) is 28.8 Å². The number of hydrogen-bond acceptors (Lipinski definition) is 2. The van der Waals surface area contributed by atoms with E-state index in [4.69, 9.17) is 0 Å². The molecule has 1 heterocycles. The topological polar surface area (TPSA) is 34.9 Å². The van der Waals surface area contributed by atoms with Crippen LogP contribution in [0.1, 0.15) is 25.2 Å². The SMILES string of the molecule is CCc1nn(CC)c(CS(=O)c2ccc(F)cc2)c1Br. The predicted octanol–water partition coefficient (Wildman–Crippen LogP) is 3.67. The minimum Gasteiger partial charge on any atom is -0.267 e. The van der Waals surface area contributed by atoms with Crippen LogP contribution in [0.25, 0.3) is 0 Å². The van der Waals surface area contributed by atoms with E-state index in [1.807, 2.05) is 18.5 Å². The number of rotatable bonds is 5. The number of halogens is 2. The van der Waals surface area contributed by atoms with E-state index >= 15 is 0 Å². The summed E-state index contributed by atoms with van der Waals surface area (Å²) in [5.41, 5.74) is 1.89. The summed E-state index contributed by atoms with van der Waals surface area (Å²) < 4.78 is 28.1. The minimum atomic E-state index is -1.21. The highest BCUT2D eigenvalue weighted by atomic mass is 79.9. The molecule has 0 aliphatic carbocycles. The second kappa shape index (κ2) is 6.63. The van der Waals surface area contributed by atoms with E-state index in [1.54, 1.807) is 12.1 Å². The van der Waals surface area contributed by atoms with Crippen LogP contribution >= 0.6 is 15.9 Å². The molecule has 3 nitrogen and oxygen atoms in total. The van der Waals surface area contributed by atoms with Crippen LogP contribution in [0.15, 0.2) is 33.6 Å². The Morgan fingerprint density at radius 1 is 1.30 bits per heavy atom. The zero-order valence-corrected chi connectivity index (χ0v) is 13.8. The van der Waals surface area contributed by atoms with Gasteiger partial charge in [-0.2, -0.15) is 5.10 Å². The average molecular weight is 359 g/mol. The van der Waals surface area contributed by atoms with Crippen molar-refractivity contribution < 1.29 is 8.60 Å². The lowest BCUT2D eigenvalue weighted by atomic mass is 10.3. The molecule has 1 aromatic carbocycles.